The van der Waals surface area contributed by atoms with Gasteiger partial charge in [0.15, 0.2) is 0 Å². The van der Waals surface area contributed by atoms with Gasteiger partial charge in [0.25, 0.3) is 6.47 Å². The van der Waals surface area contributed by atoms with Crippen molar-refractivity contribution in [2.45, 2.75) is 6.92 Å². The first kappa shape index (κ1) is 11.9. The number of halogens is 1. The van der Waals surface area contributed by atoms with Crippen LogP contribution >= 0.6 is 15.9 Å². The van der Waals surface area contributed by atoms with Crippen molar-refractivity contribution in [1.82, 2.24) is 0 Å². The highest BCUT2D eigenvalue weighted by atomic mass is 79.9. The van der Waals surface area contributed by atoms with Crippen molar-refractivity contribution in [3.05, 3.63) is 41.2 Å². The third kappa shape index (κ3) is 2.91. The van der Waals surface area contributed by atoms with Gasteiger partial charge < -0.3 is 9.84 Å². The van der Waals surface area contributed by atoms with Crippen LogP contribution in [0.1, 0.15) is 11.1 Å². The molecule has 1 rings (SSSR count). The Morgan fingerprint density at radius 1 is 1.53 bits per heavy atom. The third-order valence-electron chi connectivity index (χ3n) is 1.96. The number of benzene rings is 1. The summed E-state index contributed by atoms with van der Waals surface area (Å²) >= 11 is 3.30. The zero-order valence-corrected chi connectivity index (χ0v) is 9.82. The molecule has 0 aliphatic heterocycles. The maximum atomic E-state index is 10.2. The Hall–Kier alpha value is -1.13. The highest BCUT2D eigenvalue weighted by Crippen LogP contribution is 2.27. The molecule has 0 saturated carbocycles. The Kier molecular flexibility index (Phi) is 4.52. The summed E-state index contributed by atoms with van der Waals surface area (Å²) in [5.74, 6) is 0.208. The van der Waals surface area contributed by atoms with E-state index in [4.69, 9.17) is 5.11 Å². The lowest BCUT2D eigenvalue weighted by atomic mass is 10.1. The minimum atomic E-state index is -0.326. The van der Waals surface area contributed by atoms with Crippen LogP contribution in [0.25, 0.3) is 4.48 Å². The van der Waals surface area contributed by atoms with Crippen LogP contribution in [0.15, 0.2) is 30.0 Å². The van der Waals surface area contributed by atoms with E-state index in [1.807, 2.05) is 31.2 Å². The van der Waals surface area contributed by atoms with Gasteiger partial charge >= 0.3 is 0 Å². The average Bonchev–Trinajstić information content (AvgIpc) is 2.25. The van der Waals surface area contributed by atoms with Crippen molar-refractivity contribution in [3.8, 4) is 0 Å². The molecule has 0 radical (unpaired) electrons. The summed E-state index contributed by atoms with van der Waals surface area (Å²) in [4.78, 5) is 10.2. The van der Waals surface area contributed by atoms with E-state index in [0.717, 1.165) is 11.1 Å². The molecule has 1 N–H and O–H groups in total. The number of carbonyl (C=O) groups is 1. The summed E-state index contributed by atoms with van der Waals surface area (Å²) in [6.45, 7) is 1.91. The zero-order chi connectivity index (χ0) is 11.3. The molecule has 0 aromatic heterocycles. The van der Waals surface area contributed by atoms with Crippen molar-refractivity contribution in [2.24, 2.45) is 0 Å². The summed E-state index contributed by atoms with van der Waals surface area (Å²) in [5.41, 5.74) is 1.92. The second-order valence-electron chi connectivity index (χ2n) is 2.92. The van der Waals surface area contributed by atoms with Gasteiger partial charge in [-0.1, -0.05) is 24.3 Å². The minimum absolute atomic E-state index is 0.208. The number of hydrogen-bond acceptors (Lipinski definition) is 3. The molecule has 3 nitrogen and oxygen atoms in total. The molecular formula is C11H11BrO3. The van der Waals surface area contributed by atoms with Gasteiger partial charge in [-0.3, -0.25) is 4.79 Å². The Bertz CT molecular complexity index is 385. The molecule has 0 spiro atoms. The zero-order valence-electron chi connectivity index (χ0n) is 8.24. The first-order valence-electron chi connectivity index (χ1n) is 4.36. The molecule has 1 aromatic rings. The van der Waals surface area contributed by atoms with E-state index >= 15 is 0 Å². The molecule has 0 unspecified atom stereocenters. The normalized spacial score (nSPS) is 11.9. The van der Waals surface area contributed by atoms with E-state index < -0.39 is 0 Å². The van der Waals surface area contributed by atoms with Crippen molar-refractivity contribution >= 4 is 26.9 Å². The van der Waals surface area contributed by atoms with Crippen LogP contribution in [-0.2, 0) is 9.53 Å². The second-order valence-corrected chi connectivity index (χ2v) is 3.72. The molecule has 0 bridgehead atoms. The number of rotatable bonds is 4. The quantitative estimate of drug-likeness (QED) is 0.674. The molecule has 4 heteroatoms. The fourth-order valence-corrected chi connectivity index (χ4v) is 1.85. The fourth-order valence-electron chi connectivity index (χ4n) is 1.19. The summed E-state index contributed by atoms with van der Waals surface area (Å²) in [5, 5.41) is 9.01. The fraction of sp³-hybridized carbons (Fsp3) is 0.182. The van der Waals surface area contributed by atoms with E-state index in [1.165, 1.54) is 0 Å². The molecule has 1 aromatic carbocycles. The molecule has 0 atom stereocenters. The summed E-state index contributed by atoms with van der Waals surface area (Å²) in [6, 6.07) is 7.60. The SMILES string of the molecule is Cc1ccccc1/C(Br)=C(/CO)OC=O. The van der Waals surface area contributed by atoms with Crippen molar-refractivity contribution < 1.29 is 14.6 Å². The van der Waals surface area contributed by atoms with Gasteiger partial charge in [0, 0.05) is 0 Å². The molecule has 0 saturated heterocycles. The predicted molar refractivity (Wildman–Crippen MR) is 61.3 cm³/mol. The van der Waals surface area contributed by atoms with Crippen molar-refractivity contribution in [2.75, 3.05) is 6.61 Å². The van der Waals surface area contributed by atoms with E-state index in [2.05, 4.69) is 20.7 Å². The van der Waals surface area contributed by atoms with Gasteiger partial charge in [0.1, 0.15) is 12.4 Å². The largest absolute Gasteiger partial charge is 0.430 e. The van der Waals surface area contributed by atoms with E-state index in [9.17, 15) is 4.79 Å². The number of aryl methyl sites for hydroxylation is 1. The highest BCUT2D eigenvalue weighted by molar-refractivity contribution is 9.15. The first-order chi connectivity index (χ1) is 7.20. The lowest BCUT2D eigenvalue weighted by Gasteiger charge is -2.08. The van der Waals surface area contributed by atoms with E-state index in [-0.39, 0.29) is 12.4 Å². The maximum Gasteiger partial charge on any atom is 0.298 e. The van der Waals surface area contributed by atoms with Crippen LogP contribution < -0.4 is 0 Å². The summed E-state index contributed by atoms with van der Waals surface area (Å²) in [6.07, 6.45) is 0. The van der Waals surface area contributed by atoms with Crippen LogP contribution in [0, 0.1) is 6.92 Å². The number of ether oxygens (including phenoxy) is 1. The van der Waals surface area contributed by atoms with Gasteiger partial charge in [-0.25, -0.2) is 0 Å². The van der Waals surface area contributed by atoms with Gasteiger partial charge in [-0.05, 0) is 34.0 Å². The Balaban J connectivity index is 3.15. The molecular weight excluding hydrogens is 260 g/mol. The van der Waals surface area contributed by atoms with Gasteiger partial charge in [0.2, 0.25) is 0 Å². The number of carbonyl (C=O) groups excluding carboxylic acids is 1. The van der Waals surface area contributed by atoms with E-state index in [1.54, 1.807) is 0 Å². The molecule has 0 fully saturated rings. The van der Waals surface area contributed by atoms with Crippen LogP contribution in [0.4, 0.5) is 0 Å². The molecule has 0 aliphatic carbocycles. The van der Waals surface area contributed by atoms with Gasteiger partial charge in [0.05, 0.1) is 4.48 Å². The van der Waals surface area contributed by atoms with Gasteiger partial charge in [-0.2, -0.15) is 0 Å². The number of hydrogen-bond donors (Lipinski definition) is 1. The summed E-state index contributed by atoms with van der Waals surface area (Å²) in [7, 11) is 0. The molecule has 0 heterocycles. The minimum Gasteiger partial charge on any atom is -0.430 e. The van der Waals surface area contributed by atoms with Crippen LogP contribution in [0.3, 0.4) is 0 Å². The van der Waals surface area contributed by atoms with Crippen LogP contribution in [-0.4, -0.2) is 18.2 Å². The topological polar surface area (TPSA) is 46.5 Å². The van der Waals surface area contributed by atoms with E-state index in [0.29, 0.717) is 11.0 Å². The molecule has 0 aliphatic rings. The number of aliphatic hydroxyl groups excluding tert-OH is 1. The number of aliphatic hydroxyl groups is 1. The van der Waals surface area contributed by atoms with Gasteiger partial charge in [-0.15, -0.1) is 0 Å². The van der Waals surface area contributed by atoms with Crippen molar-refractivity contribution in [1.29, 1.82) is 0 Å². The smallest absolute Gasteiger partial charge is 0.298 e. The van der Waals surface area contributed by atoms with Crippen LogP contribution in [0.5, 0.6) is 0 Å². The van der Waals surface area contributed by atoms with Crippen LogP contribution in [0.2, 0.25) is 0 Å². The van der Waals surface area contributed by atoms with Crippen molar-refractivity contribution in [3.63, 3.8) is 0 Å². The third-order valence-corrected chi connectivity index (χ3v) is 2.83. The lowest BCUT2D eigenvalue weighted by molar-refractivity contribution is -0.125. The Morgan fingerprint density at radius 2 is 2.20 bits per heavy atom. The molecule has 15 heavy (non-hydrogen) atoms. The lowest BCUT2D eigenvalue weighted by Crippen LogP contribution is -1.98. The monoisotopic (exact) mass is 270 g/mol. The molecule has 0 amide bonds. The first-order valence-corrected chi connectivity index (χ1v) is 5.15. The summed E-state index contributed by atoms with van der Waals surface area (Å²) < 4.78 is 5.26. The Labute approximate surface area is 96.5 Å². The standard InChI is InChI=1S/C11H11BrO3/c1-8-4-2-3-5-9(8)11(12)10(6-13)15-7-14/h2-5,7,13H,6H2,1H3/b11-10+. The maximum absolute atomic E-state index is 10.2. The highest BCUT2D eigenvalue weighted by Gasteiger charge is 2.09. The predicted octanol–water partition coefficient (Wildman–Crippen LogP) is 2.22. The second kappa shape index (κ2) is 5.68. The Morgan fingerprint density at radius 3 is 2.73 bits per heavy atom. The molecule has 80 valence electrons. The average molecular weight is 271 g/mol.